The number of allylic oxidation sites excluding steroid dienone is 2. The maximum Gasteiger partial charge on any atom is 0.145 e. The summed E-state index contributed by atoms with van der Waals surface area (Å²) >= 11 is 0. The Morgan fingerprint density at radius 1 is 0.608 bits per heavy atom. The van der Waals surface area contributed by atoms with Crippen LogP contribution in [-0.2, 0) is 0 Å². The van der Waals surface area contributed by atoms with Crippen molar-refractivity contribution in [3.05, 3.63) is 182 Å². The third kappa shape index (κ3) is 5.19. The monoisotopic (exact) mass is 654 g/mol. The van der Waals surface area contributed by atoms with E-state index < -0.39 is 0 Å². The quantitative estimate of drug-likeness (QED) is 0.168. The lowest BCUT2D eigenvalue weighted by atomic mass is 9.90. The molecular weight excluding hydrogens is 621 g/mol. The average Bonchev–Trinajstić information content (AvgIpc) is 3.60. The molecule has 1 aromatic heterocycles. The fraction of sp³-hybridized carbons (Fsp3) is 0.0638. The molecule has 0 saturated carbocycles. The second-order valence-electron chi connectivity index (χ2n) is 13.4. The number of imidazole rings is 1. The van der Waals surface area contributed by atoms with Gasteiger partial charge in [-0.1, -0.05) is 127 Å². The molecule has 0 aliphatic heterocycles. The van der Waals surface area contributed by atoms with Crippen molar-refractivity contribution in [1.29, 1.82) is 5.26 Å². The van der Waals surface area contributed by atoms with Crippen molar-refractivity contribution in [2.45, 2.75) is 18.9 Å². The van der Waals surface area contributed by atoms with Crippen LogP contribution < -0.4 is 4.90 Å². The fourth-order valence-corrected chi connectivity index (χ4v) is 7.65. The van der Waals surface area contributed by atoms with Gasteiger partial charge in [0.05, 0.1) is 28.2 Å². The van der Waals surface area contributed by atoms with E-state index in [4.69, 9.17) is 4.98 Å². The lowest BCUT2D eigenvalue weighted by Crippen LogP contribution is -2.42. The predicted octanol–water partition coefficient (Wildman–Crippen LogP) is 12.0. The number of fused-ring (bicyclic) bond motifs is 6. The van der Waals surface area contributed by atoms with Crippen molar-refractivity contribution < 1.29 is 0 Å². The molecule has 0 amide bonds. The summed E-state index contributed by atoms with van der Waals surface area (Å²) in [7, 11) is 0. The zero-order chi connectivity index (χ0) is 34.4. The topological polar surface area (TPSA) is 44.9 Å². The summed E-state index contributed by atoms with van der Waals surface area (Å²) in [6.45, 7) is 2.30. The van der Waals surface area contributed by atoms with Crippen molar-refractivity contribution in [3.8, 4) is 34.3 Å². The molecule has 0 N–H and O–H groups in total. The molecule has 242 valence electrons. The molecule has 4 heteroatoms. The maximum atomic E-state index is 9.53. The lowest BCUT2D eigenvalue weighted by molar-refractivity contribution is 0.570. The Hall–Kier alpha value is -6.70. The van der Waals surface area contributed by atoms with Crippen molar-refractivity contribution in [1.82, 2.24) is 9.55 Å². The van der Waals surface area contributed by atoms with Crippen LogP contribution in [0.1, 0.15) is 18.9 Å². The predicted molar refractivity (Wildman–Crippen MR) is 212 cm³/mol. The van der Waals surface area contributed by atoms with Gasteiger partial charge in [-0.25, -0.2) is 4.98 Å². The van der Waals surface area contributed by atoms with Crippen LogP contribution in [0.15, 0.2) is 176 Å². The van der Waals surface area contributed by atoms with Crippen LogP contribution in [0.4, 0.5) is 11.4 Å². The highest BCUT2D eigenvalue weighted by Crippen LogP contribution is 2.41. The van der Waals surface area contributed by atoms with Gasteiger partial charge in [0.15, 0.2) is 0 Å². The normalized spacial score (nSPS) is 15.4. The minimum absolute atomic E-state index is 0.170. The van der Waals surface area contributed by atoms with E-state index in [1.807, 2.05) is 24.3 Å². The molecule has 7 aromatic carbocycles. The van der Waals surface area contributed by atoms with Crippen molar-refractivity contribution >= 4 is 44.0 Å². The van der Waals surface area contributed by atoms with Crippen molar-refractivity contribution in [2.24, 2.45) is 0 Å². The summed E-state index contributed by atoms with van der Waals surface area (Å²) < 4.78 is 2.25. The summed E-state index contributed by atoms with van der Waals surface area (Å²) in [5.74, 6) is 0.861. The van der Waals surface area contributed by atoms with E-state index in [2.05, 4.69) is 174 Å². The molecular formula is C47H34N4. The van der Waals surface area contributed by atoms with Crippen LogP contribution >= 0.6 is 0 Å². The molecule has 0 spiro atoms. The number of anilines is 2. The molecule has 1 unspecified atom stereocenters. The van der Waals surface area contributed by atoms with Gasteiger partial charge in [-0.15, -0.1) is 0 Å². The van der Waals surface area contributed by atoms with Gasteiger partial charge in [0.2, 0.25) is 0 Å². The van der Waals surface area contributed by atoms with Gasteiger partial charge in [0.25, 0.3) is 0 Å². The smallest absolute Gasteiger partial charge is 0.145 e. The van der Waals surface area contributed by atoms with E-state index in [1.54, 1.807) is 0 Å². The van der Waals surface area contributed by atoms with Crippen LogP contribution in [0.2, 0.25) is 0 Å². The number of benzene rings is 7. The molecule has 0 bridgehead atoms. The van der Waals surface area contributed by atoms with Crippen molar-refractivity contribution in [2.75, 3.05) is 4.90 Å². The van der Waals surface area contributed by atoms with Gasteiger partial charge in [-0.05, 0) is 83.8 Å². The Bertz CT molecular complexity index is 2660. The van der Waals surface area contributed by atoms with Crippen LogP contribution in [0.3, 0.4) is 0 Å². The Labute approximate surface area is 297 Å². The molecule has 8 aromatic rings. The van der Waals surface area contributed by atoms with Crippen LogP contribution in [-0.4, -0.2) is 15.1 Å². The number of nitrogens with zero attached hydrogens (tertiary/aromatic N) is 4. The van der Waals surface area contributed by atoms with Gasteiger partial charge < -0.3 is 4.90 Å². The van der Waals surface area contributed by atoms with Crippen LogP contribution in [0, 0.1) is 11.3 Å². The Balaban J connectivity index is 1.15. The summed E-state index contributed by atoms with van der Waals surface area (Å²) in [6.07, 6.45) is 9.74. The van der Waals surface area contributed by atoms with E-state index in [0.717, 1.165) is 62.1 Å². The largest absolute Gasteiger partial charge is 0.332 e. The van der Waals surface area contributed by atoms with E-state index in [1.165, 1.54) is 16.5 Å². The first kappa shape index (κ1) is 30.4. The Morgan fingerprint density at radius 2 is 1.18 bits per heavy atom. The molecule has 51 heavy (non-hydrogen) atoms. The number of aromatic nitrogens is 2. The average molecular weight is 655 g/mol. The van der Waals surface area contributed by atoms with Gasteiger partial charge in [-0.2, -0.15) is 5.26 Å². The third-order valence-electron chi connectivity index (χ3n) is 10.1. The second kappa shape index (κ2) is 12.3. The molecule has 1 aliphatic rings. The van der Waals surface area contributed by atoms with Crippen molar-refractivity contribution in [3.63, 3.8) is 0 Å². The SMILES string of the molecule is CC1(N(c2ccccc2)c2ccc(-c3ccc(-c4nc5c6ccccc6c6ccccc6c5n4-c4ccc(C#N)cc4)cc3)cc2)C=CC=CC1. The van der Waals surface area contributed by atoms with Gasteiger partial charge >= 0.3 is 0 Å². The molecule has 4 nitrogen and oxygen atoms in total. The first-order valence-electron chi connectivity index (χ1n) is 17.3. The van der Waals surface area contributed by atoms with E-state index in [9.17, 15) is 5.26 Å². The molecule has 9 rings (SSSR count). The minimum Gasteiger partial charge on any atom is -0.332 e. The number of rotatable bonds is 6. The number of hydrogen-bond donors (Lipinski definition) is 0. The number of para-hydroxylation sites is 1. The van der Waals surface area contributed by atoms with Crippen LogP contribution in [0.25, 0.3) is 60.8 Å². The van der Waals surface area contributed by atoms with E-state index in [-0.39, 0.29) is 5.54 Å². The first-order valence-corrected chi connectivity index (χ1v) is 17.3. The van der Waals surface area contributed by atoms with Gasteiger partial charge in [0, 0.05) is 33.4 Å². The van der Waals surface area contributed by atoms with E-state index >= 15 is 0 Å². The molecule has 0 radical (unpaired) electrons. The molecule has 1 atom stereocenters. The van der Waals surface area contributed by atoms with Gasteiger partial charge in [0.1, 0.15) is 5.82 Å². The molecule has 0 saturated heterocycles. The summed E-state index contributed by atoms with van der Waals surface area (Å²) in [5.41, 5.74) is 9.07. The first-order chi connectivity index (χ1) is 25.1. The summed E-state index contributed by atoms with van der Waals surface area (Å²) in [6, 6.07) is 55.4. The second-order valence-corrected chi connectivity index (χ2v) is 13.4. The summed E-state index contributed by atoms with van der Waals surface area (Å²) in [5, 5.41) is 14.2. The minimum atomic E-state index is -0.170. The van der Waals surface area contributed by atoms with E-state index in [0.29, 0.717) is 5.56 Å². The molecule has 1 aliphatic carbocycles. The van der Waals surface area contributed by atoms with Gasteiger partial charge in [-0.3, -0.25) is 4.57 Å². The zero-order valence-corrected chi connectivity index (χ0v) is 28.2. The van der Waals surface area contributed by atoms with Crippen LogP contribution in [0.5, 0.6) is 0 Å². The fourth-order valence-electron chi connectivity index (χ4n) is 7.65. The third-order valence-corrected chi connectivity index (χ3v) is 10.1. The highest BCUT2D eigenvalue weighted by atomic mass is 15.2. The Morgan fingerprint density at radius 3 is 1.82 bits per heavy atom. The number of nitriles is 1. The standard InChI is InChI=1S/C47H34N4/c1-47(30-10-3-11-31-47)51(38-12-4-2-5-13-38)39-28-24-35(25-29-39)34-20-22-36(23-21-34)46-49-44-42-16-8-6-14-40(42)41-15-7-9-17-43(41)45(44)50(46)37-26-18-33(32-48)19-27-37/h2-30H,31H2,1H3. The molecule has 0 fully saturated rings. The zero-order valence-electron chi connectivity index (χ0n) is 28.2. The number of hydrogen-bond acceptors (Lipinski definition) is 3. The summed E-state index contributed by atoms with van der Waals surface area (Å²) in [4.78, 5) is 7.81. The highest BCUT2D eigenvalue weighted by Gasteiger charge is 2.31. The molecule has 1 heterocycles. The highest BCUT2D eigenvalue weighted by molar-refractivity contribution is 6.24. The lowest BCUT2D eigenvalue weighted by Gasteiger charge is -2.41. The maximum absolute atomic E-state index is 9.53. The Kier molecular flexibility index (Phi) is 7.34.